The third kappa shape index (κ3) is 4.04. The summed E-state index contributed by atoms with van der Waals surface area (Å²) >= 11 is 0. The Kier molecular flexibility index (Phi) is 4.85. The standard InChI is InChI=1S/C16H20N2O6S/c1-2-18(12-5-6-25(21,22)9-12)16(20)8-15(19)17-11-3-4-13-14(7-11)24-10-23-13/h3-4,7,12H,2,5-6,8-10H2,1H3,(H,17,19). The first-order valence-corrected chi connectivity index (χ1v) is 9.89. The van der Waals surface area contributed by atoms with Crippen molar-refractivity contribution in [3.63, 3.8) is 0 Å². The quantitative estimate of drug-likeness (QED) is 0.771. The molecule has 0 bridgehead atoms. The number of hydrogen-bond acceptors (Lipinski definition) is 6. The van der Waals surface area contributed by atoms with E-state index in [1.165, 1.54) is 4.90 Å². The molecule has 9 heteroatoms. The number of ether oxygens (including phenoxy) is 2. The summed E-state index contributed by atoms with van der Waals surface area (Å²) in [5.41, 5.74) is 0.508. The summed E-state index contributed by atoms with van der Waals surface area (Å²) in [6, 6.07) is 4.63. The third-order valence-electron chi connectivity index (χ3n) is 4.28. The summed E-state index contributed by atoms with van der Waals surface area (Å²) < 4.78 is 33.6. The van der Waals surface area contributed by atoms with Crippen molar-refractivity contribution in [2.75, 3.05) is 30.2 Å². The topological polar surface area (TPSA) is 102 Å². The molecular weight excluding hydrogens is 348 g/mol. The Morgan fingerprint density at radius 3 is 2.72 bits per heavy atom. The first-order valence-electron chi connectivity index (χ1n) is 8.07. The number of nitrogens with one attached hydrogen (secondary N) is 1. The van der Waals surface area contributed by atoms with Crippen LogP contribution in [0.25, 0.3) is 0 Å². The van der Waals surface area contributed by atoms with Crippen molar-refractivity contribution in [1.82, 2.24) is 4.90 Å². The SMILES string of the molecule is CCN(C(=O)CC(=O)Nc1ccc2c(c1)OCO2)C1CCS(=O)(=O)C1. The zero-order valence-electron chi connectivity index (χ0n) is 13.9. The highest BCUT2D eigenvalue weighted by molar-refractivity contribution is 7.91. The maximum absolute atomic E-state index is 12.4. The number of sulfone groups is 1. The van der Waals surface area contributed by atoms with E-state index in [0.717, 1.165) is 0 Å². The van der Waals surface area contributed by atoms with Gasteiger partial charge in [-0.3, -0.25) is 9.59 Å². The second-order valence-electron chi connectivity index (χ2n) is 6.03. The summed E-state index contributed by atoms with van der Waals surface area (Å²) in [6.45, 7) is 2.29. The smallest absolute Gasteiger partial charge is 0.233 e. The molecule has 1 aromatic carbocycles. The summed E-state index contributed by atoms with van der Waals surface area (Å²) in [5, 5.41) is 2.65. The summed E-state index contributed by atoms with van der Waals surface area (Å²) in [6.07, 6.45) is 0.0878. The zero-order chi connectivity index (χ0) is 18.0. The molecule has 1 unspecified atom stereocenters. The van der Waals surface area contributed by atoms with E-state index in [1.807, 2.05) is 0 Å². The first-order chi connectivity index (χ1) is 11.9. The molecule has 1 atom stereocenters. The van der Waals surface area contributed by atoms with Crippen LogP contribution in [-0.2, 0) is 19.4 Å². The summed E-state index contributed by atoms with van der Waals surface area (Å²) in [5.74, 6) is 0.372. The molecule has 2 amide bonds. The number of amides is 2. The predicted octanol–water partition coefficient (Wildman–Crippen LogP) is 0.780. The molecular formula is C16H20N2O6S. The number of rotatable bonds is 5. The van der Waals surface area contributed by atoms with E-state index in [9.17, 15) is 18.0 Å². The number of benzene rings is 1. The molecule has 25 heavy (non-hydrogen) atoms. The molecule has 2 aliphatic rings. The van der Waals surface area contributed by atoms with Gasteiger partial charge in [0, 0.05) is 24.3 Å². The molecule has 0 spiro atoms. The fourth-order valence-corrected chi connectivity index (χ4v) is 4.81. The highest BCUT2D eigenvalue weighted by Crippen LogP contribution is 2.34. The van der Waals surface area contributed by atoms with E-state index in [1.54, 1.807) is 25.1 Å². The highest BCUT2D eigenvalue weighted by atomic mass is 32.2. The van der Waals surface area contributed by atoms with Crippen LogP contribution in [0.5, 0.6) is 11.5 Å². The van der Waals surface area contributed by atoms with E-state index in [4.69, 9.17) is 9.47 Å². The monoisotopic (exact) mass is 368 g/mol. The molecule has 1 aromatic rings. The Morgan fingerprint density at radius 1 is 1.28 bits per heavy atom. The molecule has 136 valence electrons. The molecule has 3 rings (SSSR count). The molecule has 0 aromatic heterocycles. The number of nitrogens with zero attached hydrogens (tertiary/aromatic N) is 1. The lowest BCUT2D eigenvalue weighted by molar-refractivity contribution is -0.135. The normalized spacial score (nSPS) is 20.3. The second kappa shape index (κ2) is 6.91. The Balaban J connectivity index is 1.59. The average Bonchev–Trinajstić information content (AvgIpc) is 3.13. The Hall–Kier alpha value is -2.29. The minimum Gasteiger partial charge on any atom is -0.454 e. The fourth-order valence-electron chi connectivity index (χ4n) is 3.08. The molecule has 0 aliphatic carbocycles. The molecule has 1 N–H and O–H groups in total. The van der Waals surface area contributed by atoms with Gasteiger partial charge >= 0.3 is 0 Å². The van der Waals surface area contributed by atoms with Gasteiger partial charge in [0.05, 0.1) is 11.5 Å². The van der Waals surface area contributed by atoms with Crippen molar-refractivity contribution < 1.29 is 27.5 Å². The maximum Gasteiger partial charge on any atom is 0.233 e. The molecule has 1 saturated heterocycles. The average molecular weight is 368 g/mol. The van der Waals surface area contributed by atoms with E-state index < -0.39 is 15.7 Å². The van der Waals surface area contributed by atoms with Crippen molar-refractivity contribution >= 4 is 27.3 Å². The van der Waals surface area contributed by atoms with Gasteiger partial charge in [-0.25, -0.2) is 8.42 Å². The summed E-state index contributed by atoms with van der Waals surface area (Å²) in [4.78, 5) is 26.0. The molecule has 2 heterocycles. The highest BCUT2D eigenvalue weighted by Gasteiger charge is 2.34. The van der Waals surface area contributed by atoms with Gasteiger partial charge in [-0.2, -0.15) is 0 Å². The molecule has 0 saturated carbocycles. The Bertz CT molecular complexity index is 792. The van der Waals surface area contributed by atoms with Crippen LogP contribution in [0.4, 0.5) is 5.69 Å². The van der Waals surface area contributed by atoms with Crippen LogP contribution in [0.15, 0.2) is 18.2 Å². The third-order valence-corrected chi connectivity index (χ3v) is 6.03. The van der Waals surface area contributed by atoms with Gasteiger partial charge in [-0.15, -0.1) is 0 Å². The van der Waals surface area contributed by atoms with Crippen LogP contribution in [0.2, 0.25) is 0 Å². The van der Waals surface area contributed by atoms with Crippen molar-refractivity contribution in [1.29, 1.82) is 0 Å². The van der Waals surface area contributed by atoms with Gasteiger partial charge in [-0.1, -0.05) is 0 Å². The Labute approximate surface area is 146 Å². The number of anilines is 1. The number of carbonyl (C=O) groups excluding carboxylic acids is 2. The molecule has 0 radical (unpaired) electrons. The van der Waals surface area contributed by atoms with Crippen LogP contribution in [-0.4, -0.2) is 56.0 Å². The molecule has 8 nitrogen and oxygen atoms in total. The number of carbonyl (C=O) groups is 2. The van der Waals surface area contributed by atoms with Crippen LogP contribution in [0, 0.1) is 0 Å². The van der Waals surface area contributed by atoms with Crippen LogP contribution in [0.3, 0.4) is 0 Å². The molecule has 1 fully saturated rings. The zero-order valence-corrected chi connectivity index (χ0v) is 14.7. The van der Waals surface area contributed by atoms with Crippen molar-refractivity contribution in [3.05, 3.63) is 18.2 Å². The van der Waals surface area contributed by atoms with E-state index in [0.29, 0.717) is 30.2 Å². The lowest BCUT2D eigenvalue weighted by Crippen LogP contribution is -2.42. The van der Waals surface area contributed by atoms with Gasteiger partial charge in [0.15, 0.2) is 21.3 Å². The van der Waals surface area contributed by atoms with Gasteiger partial charge in [0.1, 0.15) is 6.42 Å². The lowest BCUT2D eigenvalue weighted by atomic mass is 10.2. The Morgan fingerprint density at radius 2 is 2.04 bits per heavy atom. The number of hydrogen-bond donors (Lipinski definition) is 1. The predicted molar refractivity (Wildman–Crippen MR) is 90.3 cm³/mol. The first kappa shape index (κ1) is 17.5. The van der Waals surface area contributed by atoms with E-state index in [2.05, 4.69) is 5.32 Å². The van der Waals surface area contributed by atoms with Gasteiger partial charge in [0.2, 0.25) is 18.6 Å². The van der Waals surface area contributed by atoms with Gasteiger partial charge in [-0.05, 0) is 25.5 Å². The molecule has 2 aliphatic heterocycles. The summed E-state index contributed by atoms with van der Waals surface area (Å²) in [7, 11) is -3.09. The maximum atomic E-state index is 12.4. The number of fused-ring (bicyclic) bond motifs is 1. The van der Waals surface area contributed by atoms with Gasteiger partial charge in [0.25, 0.3) is 0 Å². The fraction of sp³-hybridized carbons (Fsp3) is 0.500. The second-order valence-corrected chi connectivity index (χ2v) is 8.26. The minimum atomic E-state index is -3.09. The van der Waals surface area contributed by atoms with E-state index >= 15 is 0 Å². The van der Waals surface area contributed by atoms with Gasteiger partial charge < -0.3 is 19.7 Å². The van der Waals surface area contributed by atoms with Crippen LogP contribution >= 0.6 is 0 Å². The van der Waals surface area contributed by atoms with E-state index in [-0.39, 0.29) is 36.7 Å². The van der Waals surface area contributed by atoms with Crippen LogP contribution in [0.1, 0.15) is 19.8 Å². The minimum absolute atomic E-state index is 0.0314. The van der Waals surface area contributed by atoms with Crippen molar-refractivity contribution in [2.45, 2.75) is 25.8 Å². The largest absolute Gasteiger partial charge is 0.454 e. The van der Waals surface area contributed by atoms with Crippen molar-refractivity contribution in [2.24, 2.45) is 0 Å². The lowest BCUT2D eigenvalue weighted by Gasteiger charge is -2.26. The van der Waals surface area contributed by atoms with Crippen LogP contribution < -0.4 is 14.8 Å². The van der Waals surface area contributed by atoms with Crippen molar-refractivity contribution in [3.8, 4) is 11.5 Å².